The smallest absolute Gasteiger partial charge is 0.338 e. The lowest BCUT2D eigenvalue weighted by Crippen LogP contribution is -2.32. The number of anilines is 1. The Morgan fingerprint density at radius 3 is 2.43 bits per heavy atom. The van der Waals surface area contributed by atoms with Crippen molar-refractivity contribution in [2.24, 2.45) is 0 Å². The average Bonchev–Trinajstić information content (AvgIpc) is 2.78. The van der Waals surface area contributed by atoms with Gasteiger partial charge in [0.15, 0.2) is 0 Å². The molecule has 0 fully saturated rings. The second-order valence-corrected chi connectivity index (χ2v) is 7.84. The van der Waals surface area contributed by atoms with Crippen LogP contribution in [0.25, 0.3) is 0 Å². The normalized spacial score (nSPS) is 10.5. The first-order chi connectivity index (χ1) is 14.6. The Morgan fingerprint density at radius 1 is 1.07 bits per heavy atom. The maximum atomic E-state index is 13.1. The van der Waals surface area contributed by atoms with Crippen molar-refractivity contribution in [2.45, 2.75) is 18.4 Å². The van der Waals surface area contributed by atoms with Crippen LogP contribution in [0.15, 0.2) is 78.0 Å². The van der Waals surface area contributed by atoms with Gasteiger partial charge in [-0.25, -0.2) is 4.79 Å². The molecule has 0 saturated heterocycles. The van der Waals surface area contributed by atoms with Crippen LogP contribution in [-0.2, 0) is 16.1 Å². The van der Waals surface area contributed by atoms with Crippen molar-refractivity contribution in [3.05, 3.63) is 89.2 Å². The Kier molecular flexibility index (Phi) is 7.88. The minimum atomic E-state index is -0.382. The predicted octanol–water partition coefficient (Wildman–Crippen LogP) is 5.24. The van der Waals surface area contributed by atoms with Gasteiger partial charge in [-0.3, -0.25) is 9.78 Å². The zero-order chi connectivity index (χ0) is 21.3. The molecule has 0 aliphatic heterocycles. The molecule has 0 aliphatic rings. The van der Waals surface area contributed by atoms with Gasteiger partial charge < -0.3 is 9.64 Å². The van der Waals surface area contributed by atoms with Crippen LogP contribution < -0.4 is 4.90 Å². The summed E-state index contributed by atoms with van der Waals surface area (Å²) in [6.07, 6.45) is 3.43. The predicted molar refractivity (Wildman–Crippen MR) is 120 cm³/mol. The molecule has 0 aliphatic carbocycles. The first kappa shape index (κ1) is 21.9. The number of rotatable bonds is 8. The Balaban J connectivity index is 1.78. The molecule has 3 rings (SSSR count). The largest absolute Gasteiger partial charge is 0.462 e. The van der Waals surface area contributed by atoms with Gasteiger partial charge in [0.05, 0.1) is 24.5 Å². The number of hydrogen-bond acceptors (Lipinski definition) is 5. The highest BCUT2D eigenvalue weighted by molar-refractivity contribution is 8.00. The second-order valence-electron chi connectivity index (χ2n) is 6.35. The molecule has 5 nitrogen and oxygen atoms in total. The van der Waals surface area contributed by atoms with E-state index < -0.39 is 0 Å². The lowest BCUT2D eigenvalue weighted by Gasteiger charge is -2.23. The molecular weight excluding hydrogens is 420 g/mol. The molecule has 0 radical (unpaired) electrons. The van der Waals surface area contributed by atoms with E-state index in [2.05, 4.69) is 4.98 Å². The summed E-state index contributed by atoms with van der Waals surface area (Å²) < 4.78 is 5.03. The minimum Gasteiger partial charge on any atom is -0.462 e. The van der Waals surface area contributed by atoms with Crippen LogP contribution in [0.4, 0.5) is 5.69 Å². The highest BCUT2D eigenvalue weighted by atomic mass is 35.5. The fourth-order valence-corrected chi connectivity index (χ4v) is 3.64. The van der Waals surface area contributed by atoms with Crippen LogP contribution in [0, 0.1) is 0 Å². The van der Waals surface area contributed by atoms with Crippen LogP contribution in [0.1, 0.15) is 22.8 Å². The Morgan fingerprint density at radius 2 is 1.80 bits per heavy atom. The zero-order valence-corrected chi connectivity index (χ0v) is 18.0. The van der Waals surface area contributed by atoms with E-state index in [4.69, 9.17) is 16.3 Å². The molecule has 0 spiro atoms. The lowest BCUT2D eigenvalue weighted by molar-refractivity contribution is -0.116. The van der Waals surface area contributed by atoms with Gasteiger partial charge in [-0.1, -0.05) is 17.7 Å². The molecular formula is C23H21ClN2O3S. The van der Waals surface area contributed by atoms with Crippen molar-refractivity contribution in [3.8, 4) is 0 Å². The fraction of sp³-hybridized carbons (Fsp3) is 0.174. The number of ether oxygens (including phenoxy) is 1. The fourth-order valence-electron chi connectivity index (χ4n) is 2.74. The molecule has 154 valence electrons. The van der Waals surface area contributed by atoms with Crippen molar-refractivity contribution in [1.82, 2.24) is 4.98 Å². The number of pyridine rings is 1. The third-order valence-corrected chi connectivity index (χ3v) is 5.48. The van der Waals surface area contributed by atoms with E-state index in [1.165, 1.54) is 11.8 Å². The number of benzene rings is 2. The van der Waals surface area contributed by atoms with Crippen LogP contribution in [0.5, 0.6) is 0 Å². The SMILES string of the molecule is CCOC(=O)c1ccc(N(Cc2cccnc2)C(=O)CSc2ccc(Cl)cc2)cc1. The Labute approximate surface area is 185 Å². The summed E-state index contributed by atoms with van der Waals surface area (Å²) in [5.41, 5.74) is 2.07. The van der Waals surface area contributed by atoms with E-state index in [9.17, 15) is 9.59 Å². The third-order valence-electron chi connectivity index (χ3n) is 4.23. The number of carbonyl (C=O) groups excluding carboxylic acids is 2. The molecule has 1 heterocycles. The number of carbonyl (C=O) groups is 2. The van der Waals surface area contributed by atoms with Crippen LogP contribution >= 0.6 is 23.4 Å². The Hall–Kier alpha value is -2.83. The van der Waals surface area contributed by atoms with Crippen molar-refractivity contribution >= 4 is 40.9 Å². The maximum absolute atomic E-state index is 13.1. The van der Waals surface area contributed by atoms with Crippen molar-refractivity contribution in [2.75, 3.05) is 17.3 Å². The van der Waals surface area contributed by atoms with Gasteiger partial charge in [0, 0.05) is 28.0 Å². The molecule has 2 aromatic carbocycles. The zero-order valence-electron chi connectivity index (χ0n) is 16.5. The van der Waals surface area contributed by atoms with Gasteiger partial charge in [0.2, 0.25) is 5.91 Å². The minimum absolute atomic E-state index is 0.0531. The highest BCUT2D eigenvalue weighted by Crippen LogP contribution is 2.24. The van der Waals surface area contributed by atoms with Crippen molar-refractivity contribution < 1.29 is 14.3 Å². The quantitative estimate of drug-likeness (QED) is 0.354. The highest BCUT2D eigenvalue weighted by Gasteiger charge is 2.18. The van der Waals surface area contributed by atoms with E-state index in [1.54, 1.807) is 60.6 Å². The summed E-state index contributed by atoms with van der Waals surface area (Å²) in [7, 11) is 0. The summed E-state index contributed by atoms with van der Waals surface area (Å²) in [6, 6.07) is 18.0. The molecule has 0 atom stereocenters. The maximum Gasteiger partial charge on any atom is 0.338 e. The van der Waals surface area contributed by atoms with Gasteiger partial charge in [-0.15, -0.1) is 11.8 Å². The topological polar surface area (TPSA) is 59.5 Å². The van der Waals surface area contributed by atoms with Gasteiger partial charge in [-0.05, 0) is 67.1 Å². The monoisotopic (exact) mass is 440 g/mol. The standard InChI is InChI=1S/C23H21ClN2O3S/c1-2-29-23(28)18-5-9-20(10-6-18)26(15-17-4-3-13-25-14-17)22(27)16-30-21-11-7-19(24)8-12-21/h3-14H,2,15-16H2,1H3. The summed E-state index contributed by atoms with van der Waals surface area (Å²) >= 11 is 7.37. The van der Waals surface area contributed by atoms with E-state index in [0.717, 1.165) is 10.5 Å². The van der Waals surface area contributed by atoms with Gasteiger partial charge in [0.25, 0.3) is 0 Å². The van der Waals surface area contributed by atoms with E-state index in [1.807, 2.05) is 24.3 Å². The number of nitrogens with zero attached hydrogens (tertiary/aromatic N) is 2. The number of thioether (sulfide) groups is 1. The molecule has 0 saturated carbocycles. The van der Waals surface area contributed by atoms with Crippen LogP contribution in [0.3, 0.4) is 0 Å². The lowest BCUT2D eigenvalue weighted by atomic mass is 10.1. The molecule has 1 aromatic heterocycles. The van der Waals surface area contributed by atoms with Crippen LogP contribution in [-0.4, -0.2) is 29.2 Å². The van der Waals surface area contributed by atoms with Crippen molar-refractivity contribution in [1.29, 1.82) is 0 Å². The molecule has 0 unspecified atom stereocenters. The van der Waals surface area contributed by atoms with Gasteiger partial charge in [0.1, 0.15) is 0 Å². The average molecular weight is 441 g/mol. The number of halogens is 1. The van der Waals surface area contributed by atoms with Gasteiger partial charge >= 0.3 is 5.97 Å². The van der Waals surface area contributed by atoms with Crippen LogP contribution in [0.2, 0.25) is 5.02 Å². The van der Waals surface area contributed by atoms with E-state index in [-0.39, 0.29) is 17.6 Å². The number of aromatic nitrogens is 1. The van der Waals surface area contributed by atoms with Gasteiger partial charge in [-0.2, -0.15) is 0 Å². The molecule has 0 bridgehead atoms. The number of hydrogen-bond donors (Lipinski definition) is 0. The van der Waals surface area contributed by atoms with E-state index in [0.29, 0.717) is 29.4 Å². The molecule has 7 heteroatoms. The summed E-state index contributed by atoms with van der Waals surface area (Å²) in [5, 5.41) is 0.658. The second kappa shape index (κ2) is 10.8. The number of amides is 1. The summed E-state index contributed by atoms with van der Waals surface area (Å²) in [6.45, 7) is 2.46. The molecule has 0 N–H and O–H groups in total. The number of esters is 1. The Bertz CT molecular complexity index is 980. The summed E-state index contributed by atoms with van der Waals surface area (Å²) in [5.74, 6) is -0.170. The molecule has 1 amide bonds. The first-order valence-electron chi connectivity index (χ1n) is 9.41. The van der Waals surface area contributed by atoms with Crippen molar-refractivity contribution in [3.63, 3.8) is 0 Å². The van der Waals surface area contributed by atoms with E-state index >= 15 is 0 Å². The first-order valence-corrected chi connectivity index (χ1v) is 10.8. The molecule has 30 heavy (non-hydrogen) atoms. The molecule has 3 aromatic rings. The summed E-state index contributed by atoms with van der Waals surface area (Å²) in [4.78, 5) is 31.8. The third kappa shape index (κ3) is 6.08.